The Kier molecular flexibility index (Phi) is 4.27. The number of nitrogens with one attached hydrogen (secondary N) is 2. The highest BCUT2D eigenvalue weighted by molar-refractivity contribution is 6.06. The molecule has 5 rings (SSSR count). The molecule has 154 valence electrons. The molecule has 5 heterocycles. The number of aromatic amines is 1. The molecule has 2 bridgehead atoms. The number of rotatable bonds is 5. The first-order valence-corrected chi connectivity index (χ1v) is 9.92. The monoisotopic (exact) mass is 407 g/mol. The summed E-state index contributed by atoms with van der Waals surface area (Å²) in [6.45, 7) is 0. The molecule has 0 aliphatic carbocycles. The Bertz CT molecular complexity index is 1110. The average molecular weight is 407 g/mol. The quantitative estimate of drug-likeness (QED) is 0.435. The van der Waals surface area contributed by atoms with Crippen LogP contribution in [0.4, 0.5) is 17.2 Å². The number of fused-ring (bicyclic) bond motifs is 3. The SMILES string of the molecule is NC(=O)c1cnc2[nH]ccc2c1N[C@@H]1C[C@H]2CC[C@@H](C1)N2c1ccc([N+](=O)[O-])cn1. The van der Waals surface area contributed by atoms with Crippen molar-refractivity contribution in [1.82, 2.24) is 15.0 Å². The van der Waals surface area contributed by atoms with Gasteiger partial charge < -0.3 is 20.9 Å². The molecular formula is C20H21N7O3. The third-order valence-corrected chi connectivity index (χ3v) is 6.14. The molecule has 3 aromatic rings. The number of hydrogen-bond donors (Lipinski definition) is 3. The lowest BCUT2D eigenvalue weighted by molar-refractivity contribution is -0.385. The molecule has 30 heavy (non-hydrogen) atoms. The molecule has 0 aromatic carbocycles. The molecule has 1 amide bonds. The summed E-state index contributed by atoms with van der Waals surface area (Å²) < 4.78 is 0. The van der Waals surface area contributed by atoms with Crippen LogP contribution in [0.5, 0.6) is 0 Å². The minimum absolute atomic E-state index is 0.00478. The molecule has 2 fully saturated rings. The molecule has 4 N–H and O–H groups in total. The molecule has 2 saturated heterocycles. The average Bonchev–Trinajstić information content (AvgIpc) is 3.31. The van der Waals surface area contributed by atoms with E-state index in [2.05, 4.69) is 25.2 Å². The van der Waals surface area contributed by atoms with E-state index in [0.29, 0.717) is 11.2 Å². The van der Waals surface area contributed by atoms with Crippen LogP contribution < -0.4 is 16.0 Å². The largest absolute Gasteiger partial charge is 0.381 e. The number of hydrogen-bond acceptors (Lipinski definition) is 7. The Hall–Kier alpha value is -3.69. The van der Waals surface area contributed by atoms with Crippen LogP contribution in [0.15, 0.2) is 36.8 Å². The first-order chi connectivity index (χ1) is 14.5. The lowest BCUT2D eigenvalue weighted by Crippen LogP contribution is -2.47. The van der Waals surface area contributed by atoms with Gasteiger partial charge >= 0.3 is 0 Å². The van der Waals surface area contributed by atoms with Crippen molar-refractivity contribution >= 4 is 34.1 Å². The van der Waals surface area contributed by atoms with Crippen LogP contribution in [0.1, 0.15) is 36.0 Å². The molecule has 3 aromatic heterocycles. The highest BCUT2D eigenvalue weighted by Crippen LogP contribution is 2.40. The van der Waals surface area contributed by atoms with Crippen molar-refractivity contribution < 1.29 is 9.72 Å². The molecule has 0 saturated carbocycles. The van der Waals surface area contributed by atoms with Crippen molar-refractivity contribution in [2.75, 3.05) is 10.2 Å². The second-order valence-electron chi connectivity index (χ2n) is 7.89. The van der Waals surface area contributed by atoms with E-state index in [9.17, 15) is 14.9 Å². The zero-order chi connectivity index (χ0) is 20.8. The molecule has 0 unspecified atom stereocenters. The Morgan fingerprint density at radius 2 is 1.97 bits per heavy atom. The van der Waals surface area contributed by atoms with Crippen LogP contribution in [0.3, 0.4) is 0 Å². The number of pyridine rings is 2. The van der Waals surface area contributed by atoms with Gasteiger partial charge in [-0.15, -0.1) is 0 Å². The van der Waals surface area contributed by atoms with Crippen LogP contribution in [0, 0.1) is 10.1 Å². The summed E-state index contributed by atoms with van der Waals surface area (Å²) in [6.07, 6.45) is 8.45. The van der Waals surface area contributed by atoms with Crippen molar-refractivity contribution in [2.24, 2.45) is 5.73 Å². The highest BCUT2D eigenvalue weighted by Gasteiger charge is 2.41. The molecule has 2 aliphatic rings. The molecule has 2 aliphatic heterocycles. The van der Waals surface area contributed by atoms with E-state index in [1.54, 1.807) is 12.3 Å². The number of carbonyl (C=O) groups is 1. The van der Waals surface area contributed by atoms with Gasteiger partial charge in [0, 0.05) is 42.0 Å². The smallest absolute Gasteiger partial charge is 0.287 e. The van der Waals surface area contributed by atoms with Gasteiger partial charge in [0.25, 0.3) is 11.6 Å². The van der Waals surface area contributed by atoms with Gasteiger partial charge in [0.2, 0.25) is 0 Å². The van der Waals surface area contributed by atoms with Crippen molar-refractivity contribution in [2.45, 2.75) is 43.8 Å². The lowest BCUT2D eigenvalue weighted by atomic mass is 9.96. The van der Waals surface area contributed by atoms with E-state index in [1.807, 2.05) is 6.07 Å². The number of nitro groups is 1. The maximum Gasteiger partial charge on any atom is 0.287 e. The second-order valence-corrected chi connectivity index (χ2v) is 7.89. The van der Waals surface area contributed by atoms with Gasteiger partial charge in [-0.1, -0.05) is 0 Å². The fourth-order valence-electron chi connectivity index (χ4n) is 4.86. The van der Waals surface area contributed by atoms with E-state index < -0.39 is 10.8 Å². The zero-order valence-corrected chi connectivity index (χ0v) is 16.1. The summed E-state index contributed by atoms with van der Waals surface area (Å²) in [7, 11) is 0. The molecule has 0 radical (unpaired) electrons. The van der Waals surface area contributed by atoms with E-state index in [-0.39, 0.29) is 23.8 Å². The third-order valence-electron chi connectivity index (χ3n) is 6.14. The van der Waals surface area contributed by atoms with E-state index in [4.69, 9.17) is 5.73 Å². The summed E-state index contributed by atoms with van der Waals surface area (Å²) in [5.74, 6) is 0.268. The number of nitrogens with zero attached hydrogens (tertiary/aromatic N) is 4. The first kappa shape index (κ1) is 18.3. The summed E-state index contributed by atoms with van der Waals surface area (Å²) >= 11 is 0. The van der Waals surface area contributed by atoms with E-state index >= 15 is 0 Å². The number of H-pyrrole nitrogens is 1. The number of carbonyl (C=O) groups excluding carboxylic acids is 1. The van der Waals surface area contributed by atoms with Crippen molar-refractivity contribution in [3.8, 4) is 0 Å². The van der Waals surface area contributed by atoms with Crippen molar-refractivity contribution in [1.29, 1.82) is 0 Å². The first-order valence-electron chi connectivity index (χ1n) is 9.92. The van der Waals surface area contributed by atoms with Crippen LogP contribution in [0.2, 0.25) is 0 Å². The van der Waals surface area contributed by atoms with Crippen LogP contribution in [-0.2, 0) is 0 Å². The number of aromatic nitrogens is 3. The topological polar surface area (TPSA) is 143 Å². The Morgan fingerprint density at radius 3 is 2.60 bits per heavy atom. The van der Waals surface area contributed by atoms with Gasteiger partial charge in [0.1, 0.15) is 17.7 Å². The minimum atomic E-state index is -0.511. The van der Waals surface area contributed by atoms with Crippen LogP contribution in [0.25, 0.3) is 11.0 Å². The number of nitrogens with two attached hydrogens (primary N) is 1. The number of piperidine rings is 1. The minimum Gasteiger partial charge on any atom is -0.381 e. The Balaban J connectivity index is 1.39. The number of amides is 1. The predicted octanol–water partition coefficient (Wildman–Crippen LogP) is 2.58. The fourth-order valence-corrected chi connectivity index (χ4v) is 4.86. The van der Waals surface area contributed by atoms with Gasteiger partial charge in [-0.3, -0.25) is 14.9 Å². The zero-order valence-electron chi connectivity index (χ0n) is 16.1. The summed E-state index contributed by atoms with van der Waals surface area (Å²) in [5.41, 5.74) is 7.39. The van der Waals surface area contributed by atoms with Crippen LogP contribution >= 0.6 is 0 Å². The lowest BCUT2D eigenvalue weighted by Gasteiger charge is -2.40. The van der Waals surface area contributed by atoms with Gasteiger partial charge in [-0.25, -0.2) is 9.97 Å². The van der Waals surface area contributed by atoms with Gasteiger partial charge in [-0.2, -0.15) is 0 Å². The maximum absolute atomic E-state index is 12.0. The fraction of sp³-hybridized carbons (Fsp3) is 0.350. The third kappa shape index (κ3) is 3.00. The maximum atomic E-state index is 12.0. The van der Waals surface area contributed by atoms with Gasteiger partial charge in [0.05, 0.1) is 16.2 Å². The van der Waals surface area contributed by atoms with Gasteiger partial charge in [-0.05, 0) is 37.8 Å². The Labute approximate surface area is 171 Å². The Morgan fingerprint density at radius 1 is 1.20 bits per heavy atom. The van der Waals surface area contributed by atoms with Crippen molar-refractivity contribution in [3.05, 3.63) is 52.5 Å². The normalized spacial score (nSPS) is 22.9. The predicted molar refractivity (Wildman–Crippen MR) is 111 cm³/mol. The van der Waals surface area contributed by atoms with Crippen molar-refractivity contribution in [3.63, 3.8) is 0 Å². The van der Waals surface area contributed by atoms with E-state index in [1.165, 1.54) is 18.5 Å². The highest BCUT2D eigenvalue weighted by atomic mass is 16.6. The van der Waals surface area contributed by atoms with Gasteiger partial charge in [0.15, 0.2) is 0 Å². The second kappa shape index (κ2) is 6.97. The molecular weight excluding hydrogens is 386 g/mol. The van der Waals surface area contributed by atoms with E-state index in [0.717, 1.165) is 42.6 Å². The molecule has 10 heteroatoms. The molecule has 10 nitrogen and oxygen atoms in total. The number of anilines is 2. The summed E-state index contributed by atoms with van der Waals surface area (Å²) in [4.78, 5) is 36.4. The standard InChI is InChI=1S/C20H21N7O3/c21-19(28)16-10-24-20-15(5-6-22-20)18(16)25-11-7-12-1-2-13(8-11)26(12)17-4-3-14(9-23-17)27(29)30/h3-6,9-13H,1-2,7-8H2,(H2,21,28)(H2,22,24,25)/t11-,12-,13+. The number of primary amides is 1. The molecule has 0 spiro atoms. The summed E-state index contributed by atoms with van der Waals surface area (Å²) in [6, 6.07) is 5.88. The summed E-state index contributed by atoms with van der Waals surface area (Å²) in [5, 5.41) is 15.3. The van der Waals surface area contributed by atoms with Crippen LogP contribution in [-0.4, -0.2) is 43.9 Å². The molecule has 3 atom stereocenters.